The van der Waals surface area contributed by atoms with E-state index in [-0.39, 0.29) is 18.9 Å². The number of nitrogens with zero attached hydrogens (tertiary/aromatic N) is 1. The monoisotopic (exact) mass is 353 g/mol. The second-order valence-corrected chi connectivity index (χ2v) is 6.03. The number of rotatable bonds is 7. The van der Waals surface area contributed by atoms with Gasteiger partial charge in [0.2, 0.25) is 0 Å². The average Bonchev–Trinajstić information content (AvgIpc) is 2.91. The van der Waals surface area contributed by atoms with Crippen LogP contribution in [-0.2, 0) is 0 Å². The highest BCUT2D eigenvalue weighted by Crippen LogP contribution is 2.22. The van der Waals surface area contributed by atoms with Crippen LogP contribution < -0.4 is 4.74 Å². The smallest absolute Gasteiger partial charge is 0.261 e. The van der Waals surface area contributed by atoms with Crippen molar-refractivity contribution in [3.05, 3.63) is 65.2 Å². The Labute approximate surface area is 151 Å². The van der Waals surface area contributed by atoms with E-state index < -0.39 is 17.9 Å². The van der Waals surface area contributed by atoms with E-state index in [9.17, 15) is 19.5 Å². The molecule has 2 aromatic carbocycles. The van der Waals surface area contributed by atoms with Gasteiger partial charge < -0.3 is 9.84 Å². The van der Waals surface area contributed by atoms with Gasteiger partial charge in [-0.2, -0.15) is 0 Å². The van der Waals surface area contributed by atoms with Gasteiger partial charge in [0.05, 0.1) is 17.7 Å². The molecular formula is C20H19NO5. The lowest BCUT2D eigenvalue weighted by Gasteiger charge is -2.19. The van der Waals surface area contributed by atoms with Crippen LogP contribution in [-0.4, -0.2) is 46.9 Å². The molecule has 0 bridgehead atoms. The first kappa shape index (κ1) is 17.8. The number of hydrogen-bond acceptors (Lipinski definition) is 5. The number of benzene rings is 2. The van der Waals surface area contributed by atoms with Crippen LogP contribution in [0.1, 0.15) is 44.4 Å². The van der Waals surface area contributed by atoms with E-state index in [2.05, 4.69) is 0 Å². The van der Waals surface area contributed by atoms with E-state index in [1.54, 1.807) is 55.5 Å². The van der Waals surface area contributed by atoms with Crippen molar-refractivity contribution in [1.82, 2.24) is 4.90 Å². The predicted octanol–water partition coefficient (Wildman–Crippen LogP) is 2.32. The molecular weight excluding hydrogens is 334 g/mol. The van der Waals surface area contributed by atoms with Crippen LogP contribution in [0.4, 0.5) is 0 Å². The first-order valence-electron chi connectivity index (χ1n) is 8.40. The SMILES string of the molecule is CCC(=O)c1ccc(OC[C@@H](O)CN2C(=O)c3ccccc3C2=O)cc1. The minimum Gasteiger partial charge on any atom is -0.491 e. The highest BCUT2D eigenvalue weighted by atomic mass is 16.5. The molecule has 0 unspecified atom stereocenters. The fraction of sp³-hybridized carbons (Fsp3) is 0.250. The Morgan fingerprint density at radius 2 is 1.62 bits per heavy atom. The van der Waals surface area contributed by atoms with Gasteiger partial charge in [-0.3, -0.25) is 19.3 Å². The van der Waals surface area contributed by atoms with Crippen LogP contribution >= 0.6 is 0 Å². The molecule has 2 amide bonds. The van der Waals surface area contributed by atoms with Gasteiger partial charge in [0, 0.05) is 12.0 Å². The fourth-order valence-electron chi connectivity index (χ4n) is 2.80. The molecule has 0 radical (unpaired) electrons. The average molecular weight is 353 g/mol. The molecule has 1 N–H and O–H groups in total. The topological polar surface area (TPSA) is 83.9 Å². The van der Waals surface area contributed by atoms with Gasteiger partial charge in [0.25, 0.3) is 11.8 Å². The van der Waals surface area contributed by atoms with Crippen LogP contribution in [0.25, 0.3) is 0 Å². The number of ether oxygens (including phenoxy) is 1. The Bertz CT molecular complexity index is 809. The summed E-state index contributed by atoms with van der Waals surface area (Å²) >= 11 is 0. The van der Waals surface area contributed by atoms with Crippen molar-refractivity contribution in [1.29, 1.82) is 0 Å². The summed E-state index contributed by atoms with van der Waals surface area (Å²) in [5, 5.41) is 10.1. The minimum atomic E-state index is -1.02. The summed E-state index contributed by atoms with van der Waals surface area (Å²) in [6, 6.07) is 13.2. The molecule has 0 saturated heterocycles. The third kappa shape index (κ3) is 3.50. The maximum absolute atomic E-state index is 12.3. The molecule has 0 spiro atoms. The number of carbonyl (C=O) groups is 3. The number of ketones is 1. The van der Waals surface area contributed by atoms with Crippen molar-refractivity contribution >= 4 is 17.6 Å². The van der Waals surface area contributed by atoms with Crippen molar-refractivity contribution in [2.75, 3.05) is 13.2 Å². The Balaban J connectivity index is 1.57. The molecule has 3 rings (SSSR count). The quantitative estimate of drug-likeness (QED) is 0.610. The lowest BCUT2D eigenvalue weighted by atomic mass is 10.1. The highest BCUT2D eigenvalue weighted by Gasteiger charge is 2.36. The minimum absolute atomic E-state index is 0.0437. The zero-order chi connectivity index (χ0) is 18.7. The number of Topliss-reactive ketones (excluding diaryl/α,β-unsaturated/α-hetero) is 1. The number of aliphatic hydroxyl groups is 1. The summed E-state index contributed by atoms with van der Waals surface area (Å²) in [6.45, 7) is 1.58. The summed E-state index contributed by atoms with van der Waals surface area (Å²) in [7, 11) is 0. The Kier molecular flexibility index (Phi) is 5.14. The highest BCUT2D eigenvalue weighted by molar-refractivity contribution is 6.21. The molecule has 0 saturated carbocycles. The van der Waals surface area contributed by atoms with Crippen molar-refractivity contribution in [3.8, 4) is 5.75 Å². The van der Waals surface area contributed by atoms with E-state index >= 15 is 0 Å². The van der Waals surface area contributed by atoms with Crippen LogP contribution in [0.15, 0.2) is 48.5 Å². The van der Waals surface area contributed by atoms with Gasteiger partial charge >= 0.3 is 0 Å². The summed E-state index contributed by atoms with van der Waals surface area (Å²) in [4.78, 5) is 37.2. The molecule has 0 aromatic heterocycles. The molecule has 26 heavy (non-hydrogen) atoms. The first-order valence-corrected chi connectivity index (χ1v) is 8.40. The van der Waals surface area contributed by atoms with Crippen molar-refractivity contribution in [2.24, 2.45) is 0 Å². The predicted molar refractivity (Wildman–Crippen MR) is 94.4 cm³/mol. The van der Waals surface area contributed by atoms with Gasteiger partial charge in [0.15, 0.2) is 5.78 Å². The van der Waals surface area contributed by atoms with Gasteiger partial charge in [-0.25, -0.2) is 0 Å². The standard InChI is InChI=1S/C20H19NO5/c1-2-18(23)13-7-9-15(10-8-13)26-12-14(22)11-21-19(24)16-5-3-4-6-17(16)20(21)25/h3-10,14,22H,2,11-12H2,1H3/t14-/m0/s1. The Morgan fingerprint density at radius 1 is 1.04 bits per heavy atom. The summed E-state index contributed by atoms with van der Waals surface area (Å²) < 4.78 is 5.48. The molecule has 0 aliphatic carbocycles. The van der Waals surface area contributed by atoms with E-state index in [4.69, 9.17) is 4.74 Å². The molecule has 134 valence electrons. The third-order valence-electron chi connectivity index (χ3n) is 4.21. The molecule has 1 atom stereocenters. The number of amides is 2. The molecule has 2 aromatic rings. The van der Waals surface area contributed by atoms with E-state index in [0.29, 0.717) is 28.9 Å². The largest absolute Gasteiger partial charge is 0.491 e. The zero-order valence-electron chi connectivity index (χ0n) is 14.3. The third-order valence-corrected chi connectivity index (χ3v) is 4.21. The van der Waals surface area contributed by atoms with Crippen molar-refractivity contribution in [2.45, 2.75) is 19.4 Å². The van der Waals surface area contributed by atoms with Gasteiger partial charge in [-0.05, 0) is 36.4 Å². The lowest BCUT2D eigenvalue weighted by Crippen LogP contribution is -2.39. The van der Waals surface area contributed by atoms with Crippen LogP contribution in [0.5, 0.6) is 5.75 Å². The number of β-amino-alcohol motifs (C(OH)–C–C–N with tert-alkyl or cyclic N) is 1. The van der Waals surface area contributed by atoms with Crippen molar-refractivity contribution < 1.29 is 24.2 Å². The van der Waals surface area contributed by atoms with E-state index in [1.165, 1.54) is 0 Å². The van der Waals surface area contributed by atoms with Gasteiger partial charge in [0.1, 0.15) is 18.5 Å². The number of hydrogen-bond donors (Lipinski definition) is 1. The maximum atomic E-state index is 12.3. The number of aliphatic hydroxyl groups excluding tert-OH is 1. The molecule has 6 heteroatoms. The molecule has 6 nitrogen and oxygen atoms in total. The maximum Gasteiger partial charge on any atom is 0.261 e. The molecule has 1 aliphatic heterocycles. The lowest BCUT2D eigenvalue weighted by molar-refractivity contribution is 0.0457. The van der Waals surface area contributed by atoms with Crippen molar-refractivity contribution in [3.63, 3.8) is 0 Å². The summed E-state index contributed by atoms with van der Waals surface area (Å²) in [5.41, 5.74) is 1.30. The summed E-state index contributed by atoms with van der Waals surface area (Å²) in [6.07, 6.45) is -0.590. The number of fused-ring (bicyclic) bond motifs is 1. The van der Waals surface area contributed by atoms with Gasteiger partial charge in [-0.1, -0.05) is 19.1 Å². The van der Waals surface area contributed by atoms with Crippen LogP contribution in [0, 0.1) is 0 Å². The Hall–Kier alpha value is -2.99. The second-order valence-electron chi connectivity index (χ2n) is 6.03. The second kappa shape index (κ2) is 7.49. The molecule has 0 fully saturated rings. The molecule has 1 aliphatic rings. The fourth-order valence-corrected chi connectivity index (χ4v) is 2.80. The van der Waals surface area contributed by atoms with Gasteiger partial charge in [-0.15, -0.1) is 0 Å². The normalized spacial score (nSPS) is 14.3. The summed E-state index contributed by atoms with van der Waals surface area (Å²) in [5.74, 6) is -0.277. The number of carbonyl (C=O) groups excluding carboxylic acids is 3. The molecule has 1 heterocycles. The van der Waals surface area contributed by atoms with E-state index in [1.807, 2.05) is 0 Å². The zero-order valence-corrected chi connectivity index (χ0v) is 14.3. The van der Waals surface area contributed by atoms with Crippen LogP contribution in [0.2, 0.25) is 0 Å². The Morgan fingerprint density at radius 3 is 2.15 bits per heavy atom. The first-order chi connectivity index (χ1) is 12.5. The van der Waals surface area contributed by atoms with E-state index in [0.717, 1.165) is 4.90 Å². The van der Waals surface area contributed by atoms with Crippen LogP contribution in [0.3, 0.4) is 0 Å². The number of imide groups is 1.